The van der Waals surface area contributed by atoms with Crippen molar-refractivity contribution in [3.63, 3.8) is 0 Å². The Hall–Kier alpha value is -2.40. The summed E-state index contributed by atoms with van der Waals surface area (Å²) < 4.78 is 20.0. The maximum atomic E-state index is 13.5. The summed E-state index contributed by atoms with van der Waals surface area (Å²) in [4.78, 5) is 11.9. The third-order valence-electron chi connectivity index (χ3n) is 4.34. The molecule has 0 bridgehead atoms. The number of fused-ring (bicyclic) bond motifs is 2. The van der Waals surface area contributed by atoms with E-state index in [4.69, 9.17) is 4.74 Å². The van der Waals surface area contributed by atoms with Crippen molar-refractivity contribution < 1.29 is 19.0 Å². The molecule has 3 aromatic rings. The molecule has 1 aliphatic rings. The average molecular weight is 342 g/mol. The molecule has 0 spiro atoms. The molecule has 5 heteroatoms. The number of hydrogen-bond donors (Lipinski definition) is 1. The molecule has 0 aliphatic carbocycles. The monoisotopic (exact) mass is 342 g/mol. The summed E-state index contributed by atoms with van der Waals surface area (Å²) in [5.74, 6) is -0.491. The summed E-state index contributed by atoms with van der Waals surface area (Å²) >= 11 is 1.11. The first kappa shape index (κ1) is 15.1. The van der Waals surface area contributed by atoms with E-state index in [1.807, 2.05) is 25.1 Å². The molecule has 122 valence electrons. The Morgan fingerprint density at radius 2 is 2.12 bits per heavy atom. The van der Waals surface area contributed by atoms with E-state index in [0.29, 0.717) is 10.3 Å². The van der Waals surface area contributed by atoms with Crippen LogP contribution in [0.4, 0.5) is 4.39 Å². The lowest BCUT2D eigenvalue weighted by molar-refractivity contribution is 0.0703. The van der Waals surface area contributed by atoms with Crippen LogP contribution >= 0.6 is 11.3 Å². The fourth-order valence-electron chi connectivity index (χ4n) is 3.19. The third kappa shape index (κ3) is 2.45. The SMILES string of the molecule is C[C@@H]1CCc2cc(-c3c(C(=O)O)sc4cc(F)ccc34)ccc2O1. The predicted octanol–water partition coefficient (Wildman–Crippen LogP) is 5.12. The number of hydrogen-bond acceptors (Lipinski definition) is 3. The van der Waals surface area contributed by atoms with Gasteiger partial charge in [0, 0.05) is 15.6 Å². The molecule has 2 heterocycles. The normalized spacial score (nSPS) is 16.7. The Morgan fingerprint density at radius 3 is 2.92 bits per heavy atom. The van der Waals surface area contributed by atoms with Crippen molar-refractivity contribution in [3.8, 4) is 16.9 Å². The smallest absolute Gasteiger partial charge is 0.346 e. The summed E-state index contributed by atoms with van der Waals surface area (Å²) in [5, 5.41) is 10.3. The highest BCUT2D eigenvalue weighted by Gasteiger charge is 2.22. The zero-order valence-corrected chi connectivity index (χ0v) is 13.8. The Morgan fingerprint density at radius 1 is 1.29 bits per heavy atom. The zero-order chi connectivity index (χ0) is 16.8. The van der Waals surface area contributed by atoms with Crippen LogP contribution in [0.3, 0.4) is 0 Å². The Kier molecular flexibility index (Phi) is 3.53. The largest absolute Gasteiger partial charge is 0.490 e. The van der Waals surface area contributed by atoms with Crippen molar-refractivity contribution in [2.24, 2.45) is 0 Å². The van der Waals surface area contributed by atoms with E-state index in [1.54, 1.807) is 6.07 Å². The van der Waals surface area contributed by atoms with Gasteiger partial charge in [0.25, 0.3) is 0 Å². The third-order valence-corrected chi connectivity index (χ3v) is 5.48. The second kappa shape index (κ2) is 5.60. The molecule has 1 N–H and O–H groups in total. The number of aromatic carboxylic acids is 1. The highest BCUT2D eigenvalue weighted by atomic mass is 32.1. The summed E-state index contributed by atoms with van der Waals surface area (Å²) in [6.07, 6.45) is 2.05. The number of carboxylic acids is 1. The lowest BCUT2D eigenvalue weighted by Crippen LogP contribution is -2.18. The molecule has 0 saturated heterocycles. The fraction of sp³-hybridized carbons (Fsp3) is 0.211. The minimum absolute atomic E-state index is 0.197. The molecule has 2 aromatic carbocycles. The van der Waals surface area contributed by atoms with E-state index in [-0.39, 0.29) is 16.8 Å². The number of benzene rings is 2. The highest BCUT2D eigenvalue weighted by Crippen LogP contribution is 2.41. The number of ether oxygens (including phenoxy) is 1. The molecule has 0 amide bonds. The molecule has 0 fully saturated rings. The van der Waals surface area contributed by atoms with E-state index in [0.717, 1.165) is 46.4 Å². The molecule has 24 heavy (non-hydrogen) atoms. The van der Waals surface area contributed by atoms with Crippen molar-refractivity contribution in [2.45, 2.75) is 25.9 Å². The molecule has 0 saturated carbocycles. The maximum absolute atomic E-state index is 13.5. The Balaban J connectivity index is 1.93. The lowest BCUT2D eigenvalue weighted by Gasteiger charge is -2.23. The van der Waals surface area contributed by atoms with Gasteiger partial charge in [-0.2, -0.15) is 0 Å². The maximum Gasteiger partial charge on any atom is 0.346 e. The number of aryl methyl sites for hydroxylation is 1. The summed E-state index contributed by atoms with van der Waals surface area (Å²) in [6, 6.07) is 10.2. The predicted molar refractivity (Wildman–Crippen MR) is 92.6 cm³/mol. The first-order valence-corrected chi connectivity index (χ1v) is 8.60. The van der Waals surface area contributed by atoms with E-state index in [2.05, 4.69) is 0 Å². The molecule has 1 atom stereocenters. The number of halogens is 1. The second-order valence-electron chi connectivity index (χ2n) is 6.04. The van der Waals surface area contributed by atoms with Crippen molar-refractivity contribution in [3.05, 3.63) is 52.7 Å². The van der Waals surface area contributed by atoms with Crippen molar-refractivity contribution in [1.82, 2.24) is 0 Å². The molecule has 1 aliphatic heterocycles. The van der Waals surface area contributed by atoms with E-state index in [9.17, 15) is 14.3 Å². The number of carboxylic acid groups (broad SMARTS) is 1. The standard InChI is InChI=1S/C19H15FO3S/c1-10-2-3-11-8-12(4-7-15(11)23-10)17-14-6-5-13(20)9-16(14)24-18(17)19(21)22/h4-10H,2-3H2,1H3,(H,21,22)/t10-/m1/s1. The first-order chi connectivity index (χ1) is 11.5. The van der Waals surface area contributed by atoms with Crippen LogP contribution in [0.25, 0.3) is 21.2 Å². The van der Waals surface area contributed by atoms with Gasteiger partial charge in [-0.15, -0.1) is 11.3 Å². The van der Waals surface area contributed by atoms with Crippen LogP contribution in [0, 0.1) is 5.82 Å². The van der Waals surface area contributed by atoms with Crippen LogP contribution in [-0.2, 0) is 6.42 Å². The summed E-state index contributed by atoms with van der Waals surface area (Å²) in [7, 11) is 0. The number of rotatable bonds is 2. The van der Waals surface area contributed by atoms with E-state index >= 15 is 0 Å². The van der Waals surface area contributed by atoms with Gasteiger partial charge in [-0.3, -0.25) is 0 Å². The minimum atomic E-state index is -0.991. The van der Waals surface area contributed by atoms with Crippen LogP contribution in [0.5, 0.6) is 5.75 Å². The van der Waals surface area contributed by atoms with Crippen LogP contribution in [0.15, 0.2) is 36.4 Å². The number of carbonyl (C=O) groups is 1. The van der Waals surface area contributed by atoms with Crippen LogP contribution < -0.4 is 4.74 Å². The van der Waals surface area contributed by atoms with Gasteiger partial charge in [-0.25, -0.2) is 9.18 Å². The van der Waals surface area contributed by atoms with Crippen LogP contribution in [-0.4, -0.2) is 17.2 Å². The first-order valence-electron chi connectivity index (χ1n) is 7.78. The Bertz CT molecular complexity index is 961. The topological polar surface area (TPSA) is 46.5 Å². The highest BCUT2D eigenvalue weighted by molar-refractivity contribution is 7.21. The van der Waals surface area contributed by atoms with Gasteiger partial charge >= 0.3 is 5.97 Å². The van der Waals surface area contributed by atoms with E-state index < -0.39 is 5.97 Å². The van der Waals surface area contributed by atoms with Crippen LogP contribution in [0.1, 0.15) is 28.6 Å². The molecule has 4 rings (SSSR count). The fourth-order valence-corrected chi connectivity index (χ4v) is 4.28. The molecule has 0 unspecified atom stereocenters. The zero-order valence-electron chi connectivity index (χ0n) is 13.0. The van der Waals surface area contributed by atoms with Crippen molar-refractivity contribution in [1.29, 1.82) is 0 Å². The van der Waals surface area contributed by atoms with Gasteiger partial charge in [0.15, 0.2) is 0 Å². The average Bonchev–Trinajstić information content (AvgIpc) is 2.93. The second-order valence-corrected chi connectivity index (χ2v) is 7.09. The molecular weight excluding hydrogens is 327 g/mol. The van der Waals surface area contributed by atoms with Gasteiger partial charge in [0.05, 0.1) is 6.10 Å². The molecule has 3 nitrogen and oxygen atoms in total. The molecule has 0 radical (unpaired) electrons. The van der Waals surface area contributed by atoms with Gasteiger partial charge < -0.3 is 9.84 Å². The van der Waals surface area contributed by atoms with Crippen molar-refractivity contribution >= 4 is 27.4 Å². The van der Waals surface area contributed by atoms with Crippen LogP contribution in [0.2, 0.25) is 0 Å². The van der Waals surface area contributed by atoms with E-state index in [1.165, 1.54) is 12.1 Å². The summed E-state index contributed by atoms with van der Waals surface area (Å²) in [6.45, 7) is 2.04. The van der Waals surface area contributed by atoms with Crippen molar-refractivity contribution in [2.75, 3.05) is 0 Å². The number of thiophene rings is 1. The van der Waals surface area contributed by atoms with Gasteiger partial charge in [-0.1, -0.05) is 6.07 Å². The molecular formula is C19H15FO3S. The lowest BCUT2D eigenvalue weighted by atomic mass is 9.96. The minimum Gasteiger partial charge on any atom is -0.490 e. The van der Waals surface area contributed by atoms with Gasteiger partial charge in [0.1, 0.15) is 16.4 Å². The van der Waals surface area contributed by atoms with Gasteiger partial charge in [0.2, 0.25) is 0 Å². The Labute approximate surface area is 142 Å². The quantitative estimate of drug-likeness (QED) is 0.703. The van der Waals surface area contributed by atoms with Gasteiger partial charge in [-0.05, 0) is 61.2 Å². The molecule has 1 aromatic heterocycles. The summed E-state index contributed by atoms with van der Waals surface area (Å²) in [5.41, 5.74) is 2.58.